The summed E-state index contributed by atoms with van der Waals surface area (Å²) in [5, 5.41) is 12.3. The average Bonchev–Trinajstić information content (AvgIpc) is 1.65. The van der Waals surface area contributed by atoms with Crippen LogP contribution < -0.4 is 5.32 Å². The molecule has 3 nitrogen and oxygen atoms in total. The van der Waals surface area contributed by atoms with E-state index in [4.69, 9.17) is 0 Å². The first-order valence-corrected chi connectivity index (χ1v) is 2.06. The highest BCUT2D eigenvalue weighted by molar-refractivity contribution is 5.79. The molecular weight excluding hydrogens is 94.0 g/mol. The summed E-state index contributed by atoms with van der Waals surface area (Å²) in [4.78, 5) is 10.1. The second-order valence-electron chi connectivity index (χ2n) is 1.26. The average molecular weight is 102 g/mol. The van der Waals surface area contributed by atoms with Crippen molar-refractivity contribution in [1.82, 2.24) is 5.32 Å². The zero-order chi connectivity index (χ0) is 5.86. The maximum atomic E-state index is 10.1. The number of amides is 1. The fraction of sp³-hybridized carbons (Fsp3) is 0.750. The summed E-state index contributed by atoms with van der Waals surface area (Å²) in [6.07, 6.45) is -1.13. The third-order valence-corrected chi connectivity index (χ3v) is 0.616. The molecule has 1 N–H and O–H groups in total. The number of hydrogen-bond acceptors (Lipinski definition) is 1. The van der Waals surface area contributed by atoms with Gasteiger partial charge >= 0.3 is 0 Å². The van der Waals surface area contributed by atoms with Crippen LogP contribution in [0.1, 0.15) is 6.92 Å². The molecule has 0 unspecified atom stereocenters. The van der Waals surface area contributed by atoms with Gasteiger partial charge in [-0.2, -0.15) is 0 Å². The lowest BCUT2D eigenvalue weighted by atomic mass is 10.4. The van der Waals surface area contributed by atoms with Crippen molar-refractivity contribution in [1.29, 1.82) is 0 Å². The molecule has 0 aromatic carbocycles. The van der Waals surface area contributed by atoms with Crippen LogP contribution in [0.2, 0.25) is 0 Å². The summed E-state index contributed by atoms with van der Waals surface area (Å²) in [5.74, 6) is -0.458. The first-order valence-electron chi connectivity index (χ1n) is 2.06. The van der Waals surface area contributed by atoms with Crippen molar-refractivity contribution in [2.24, 2.45) is 0 Å². The van der Waals surface area contributed by atoms with Gasteiger partial charge in [0, 0.05) is 7.05 Å². The Kier molecular flexibility index (Phi) is 2.37. The molecular formula is C4H8NO2. The molecule has 0 spiro atoms. The first kappa shape index (κ1) is 6.43. The maximum Gasteiger partial charge on any atom is 0.251 e. The molecule has 0 aromatic heterocycles. The Morgan fingerprint density at radius 2 is 2.14 bits per heavy atom. The Hall–Kier alpha value is -0.570. The third kappa shape index (κ3) is 2.17. The summed E-state index contributed by atoms with van der Waals surface area (Å²) < 4.78 is 0. The van der Waals surface area contributed by atoms with Crippen molar-refractivity contribution in [3.05, 3.63) is 0 Å². The molecule has 1 amide bonds. The van der Waals surface area contributed by atoms with Gasteiger partial charge in [-0.05, 0) is 6.92 Å². The van der Waals surface area contributed by atoms with Crippen molar-refractivity contribution in [3.8, 4) is 0 Å². The quantitative estimate of drug-likeness (QED) is 0.479. The lowest BCUT2D eigenvalue weighted by Crippen LogP contribution is -2.27. The van der Waals surface area contributed by atoms with E-state index in [-0.39, 0.29) is 0 Å². The molecule has 7 heavy (non-hydrogen) atoms. The Morgan fingerprint density at radius 3 is 2.14 bits per heavy atom. The predicted molar refractivity (Wildman–Crippen MR) is 24.2 cm³/mol. The van der Waals surface area contributed by atoms with E-state index in [0.717, 1.165) is 0 Å². The van der Waals surface area contributed by atoms with Gasteiger partial charge in [0.2, 0.25) is 0 Å². The van der Waals surface area contributed by atoms with Gasteiger partial charge in [0.1, 0.15) is 0 Å². The molecule has 0 aliphatic carbocycles. The molecule has 0 aliphatic rings. The van der Waals surface area contributed by atoms with Gasteiger partial charge in [-0.25, -0.2) is 5.11 Å². The molecule has 0 fully saturated rings. The van der Waals surface area contributed by atoms with Crippen LogP contribution >= 0.6 is 0 Å². The van der Waals surface area contributed by atoms with Crippen LogP contribution in [0.15, 0.2) is 0 Å². The first-order chi connectivity index (χ1) is 3.18. The maximum absolute atomic E-state index is 10.1. The van der Waals surface area contributed by atoms with Gasteiger partial charge in [0.25, 0.3) is 5.91 Å². The summed E-state index contributed by atoms with van der Waals surface area (Å²) in [6.45, 7) is 1.30. The minimum absolute atomic E-state index is 0.458. The second-order valence-corrected chi connectivity index (χ2v) is 1.26. The molecule has 0 rings (SSSR count). The Morgan fingerprint density at radius 1 is 1.71 bits per heavy atom. The highest BCUT2D eigenvalue weighted by Crippen LogP contribution is 1.75. The number of hydrogen-bond donors (Lipinski definition) is 1. The van der Waals surface area contributed by atoms with Crippen LogP contribution in [0, 0.1) is 0 Å². The second kappa shape index (κ2) is 2.58. The molecule has 41 valence electrons. The molecule has 1 radical (unpaired) electrons. The van der Waals surface area contributed by atoms with E-state index in [2.05, 4.69) is 5.32 Å². The van der Waals surface area contributed by atoms with Crippen molar-refractivity contribution in [2.75, 3.05) is 7.05 Å². The van der Waals surface area contributed by atoms with E-state index in [1.165, 1.54) is 14.0 Å². The highest BCUT2D eigenvalue weighted by Gasteiger charge is 2.05. The van der Waals surface area contributed by atoms with Crippen molar-refractivity contribution in [3.63, 3.8) is 0 Å². The SMILES string of the molecule is CNC(=O)[C@H](C)[O]. The van der Waals surface area contributed by atoms with Gasteiger partial charge in [-0.3, -0.25) is 4.79 Å². The van der Waals surface area contributed by atoms with E-state index >= 15 is 0 Å². The zero-order valence-electron chi connectivity index (χ0n) is 4.39. The monoisotopic (exact) mass is 102 g/mol. The predicted octanol–water partition coefficient (Wildman–Crippen LogP) is -0.449. The number of nitrogens with one attached hydrogen (secondary N) is 1. The summed E-state index contributed by atoms with van der Waals surface area (Å²) in [7, 11) is 1.44. The van der Waals surface area contributed by atoms with Crippen LogP contribution in [0.3, 0.4) is 0 Å². The van der Waals surface area contributed by atoms with Crippen LogP contribution in [0.4, 0.5) is 0 Å². The number of rotatable bonds is 1. The van der Waals surface area contributed by atoms with Gasteiger partial charge in [0.15, 0.2) is 6.10 Å². The Labute approximate surface area is 42.3 Å². The Balaban J connectivity index is 3.35. The molecule has 3 heteroatoms. The number of carbonyl (C=O) groups excluding carboxylic acids is 1. The van der Waals surface area contributed by atoms with Crippen molar-refractivity contribution < 1.29 is 9.90 Å². The fourth-order valence-electron chi connectivity index (χ4n) is 0.203. The minimum atomic E-state index is -1.13. The number of carbonyl (C=O) groups is 1. The number of likely N-dealkylation sites (N-methyl/N-ethyl adjacent to an activating group) is 1. The topological polar surface area (TPSA) is 49.0 Å². The van der Waals surface area contributed by atoms with E-state index < -0.39 is 12.0 Å². The summed E-state index contributed by atoms with van der Waals surface area (Å²) in [6, 6.07) is 0. The van der Waals surface area contributed by atoms with Crippen molar-refractivity contribution >= 4 is 5.91 Å². The smallest absolute Gasteiger partial charge is 0.251 e. The molecule has 0 bridgehead atoms. The normalized spacial score (nSPS) is 13.0. The summed E-state index contributed by atoms with van der Waals surface area (Å²) >= 11 is 0. The van der Waals surface area contributed by atoms with E-state index in [1.54, 1.807) is 0 Å². The molecule has 1 atom stereocenters. The molecule has 0 saturated heterocycles. The molecule has 0 saturated carbocycles. The Bertz CT molecular complexity index is 70.1. The molecule has 0 aliphatic heterocycles. The van der Waals surface area contributed by atoms with E-state index in [1.807, 2.05) is 0 Å². The van der Waals surface area contributed by atoms with E-state index in [0.29, 0.717) is 0 Å². The third-order valence-electron chi connectivity index (χ3n) is 0.616. The van der Waals surface area contributed by atoms with Crippen LogP contribution in [-0.4, -0.2) is 19.1 Å². The fourth-order valence-corrected chi connectivity index (χ4v) is 0.203. The van der Waals surface area contributed by atoms with Crippen LogP contribution in [0.5, 0.6) is 0 Å². The van der Waals surface area contributed by atoms with Gasteiger partial charge in [-0.15, -0.1) is 0 Å². The lowest BCUT2D eigenvalue weighted by Gasteiger charge is -1.95. The van der Waals surface area contributed by atoms with Crippen LogP contribution in [0.25, 0.3) is 0 Å². The van der Waals surface area contributed by atoms with Gasteiger partial charge in [-0.1, -0.05) is 0 Å². The standard InChI is InChI=1S/C4H8NO2/c1-3(6)4(7)5-2/h3H,1-2H3,(H,5,7)/t3-/m0/s1. The van der Waals surface area contributed by atoms with Gasteiger partial charge < -0.3 is 5.32 Å². The molecule has 0 aromatic rings. The molecule has 0 heterocycles. The summed E-state index contributed by atoms with van der Waals surface area (Å²) in [5.41, 5.74) is 0. The zero-order valence-corrected chi connectivity index (χ0v) is 4.39. The van der Waals surface area contributed by atoms with E-state index in [9.17, 15) is 9.90 Å². The van der Waals surface area contributed by atoms with Crippen LogP contribution in [-0.2, 0) is 9.90 Å². The largest absolute Gasteiger partial charge is 0.357 e. The highest BCUT2D eigenvalue weighted by atomic mass is 16.3. The minimum Gasteiger partial charge on any atom is -0.357 e. The lowest BCUT2D eigenvalue weighted by molar-refractivity contribution is -0.130. The van der Waals surface area contributed by atoms with Crippen molar-refractivity contribution in [2.45, 2.75) is 13.0 Å². The van der Waals surface area contributed by atoms with Gasteiger partial charge in [0.05, 0.1) is 0 Å².